The highest BCUT2D eigenvalue weighted by Gasteiger charge is 1.78. The summed E-state index contributed by atoms with van der Waals surface area (Å²) in [6, 6.07) is 0. The fourth-order valence-corrected chi connectivity index (χ4v) is 0.384. The molecule has 10 heavy (non-hydrogen) atoms. The van der Waals surface area contributed by atoms with E-state index in [2.05, 4.69) is 11.7 Å². The van der Waals surface area contributed by atoms with Crippen molar-refractivity contribution in [2.45, 2.75) is 12.8 Å². The highest BCUT2D eigenvalue weighted by molar-refractivity contribution is 5.56. The molecule has 3 heteroatoms. The summed E-state index contributed by atoms with van der Waals surface area (Å²) in [7, 11) is 0. The highest BCUT2D eigenvalue weighted by atomic mass is 16.6. The van der Waals surface area contributed by atoms with Gasteiger partial charge < -0.3 is 9.94 Å². The number of aliphatic hydroxyl groups excluding tert-OH is 1. The van der Waals surface area contributed by atoms with Gasteiger partial charge in [0.05, 0.1) is 0 Å². The summed E-state index contributed by atoms with van der Waals surface area (Å²) >= 11 is 0. The number of unbranched alkanes of at least 4 members (excludes halogenated alkanes) is 1. The second-order valence-corrected chi connectivity index (χ2v) is 1.74. The third-order valence-electron chi connectivity index (χ3n) is 0.833. The predicted molar refractivity (Wildman–Crippen MR) is 41.0 cm³/mol. The van der Waals surface area contributed by atoms with Crippen LogP contribution >= 0.6 is 0 Å². The monoisotopic (exact) mass is 143 g/mol. The standard InChI is InChI=1S/C7H13NO2/c1-2-7-10-8-5-3-4-6-9/h2,5,9H,1,3-4,6-7H2/b8-5+. The molecule has 0 aromatic carbocycles. The predicted octanol–water partition coefficient (Wildman–Crippen LogP) is 0.947. The molecule has 0 saturated carbocycles. The molecule has 1 N–H and O–H groups in total. The highest BCUT2D eigenvalue weighted by Crippen LogP contribution is 1.83. The Morgan fingerprint density at radius 1 is 1.60 bits per heavy atom. The van der Waals surface area contributed by atoms with Crippen LogP contribution in [0.2, 0.25) is 0 Å². The van der Waals surface area contributed by atoms with Crippen LogP contribution in [0.15, 0.2) is 17.8 Å². The molecule has 3 nitrogen and oxygen atoms in total. The Morgan fingerprint density at radius 3 is 3.00 bits per heavy atom. The van der Waals surface area contributed by atoms with Crippen molar-refractivity contribution in [3.63, 3.8) is 0 Å². The summed E-state index contributed by atoms with van der Waals surface area (Å²) in [6.07, 6.45) is 4.76. The van der Waals surface area contributed by atoms with Gasteiger partial charge in [0, 0.05) is 12.8 Å². The van der Waals surface area contributed by atoms with Crippen molar-refractivity contribution in [1.29, 1.82) is 0 Å². The first-order chi connectivity index (χ1) is 4.91. The number of rotatable bonds is 6. The van der Waals surface area contributed by atoms with Gasteiger partial charge in [0.25, 0.3) is 0 Å². The first kappa shape index (κ1) is 9.17. The van der Waals surface area contributed by atoms with Crippen molar-refractivity contribution in [3.8, 4) is 0 Å². The summed E-state index contributed by atoms with van der Waals surface area (Å²) in [5.74, 6) is 0. The fourth-order valence-electron chi connectivity index (χ4n) is 0.384. The largest absolute Gasteiger partial charge is 0.396 e. The maximum Gasteiger partial charge on any atom is 0.135 e. The SMILES string of the molecule is C=CCO/N=C/CCCO. The van der Waals surface area contributed by atoms with Crippen molar-refractivity contribution >= 4 is 6.21 Å². The maximum absolute atomic E-state index is 8.35. The summed E-state index contributed by atoms with van der Waals surface area (Å²) < 4.78 is 0. The Morgan fingerprint density at radius 2 is 2.40 bits per heavy atom. The normalized spacial score (nSPS) is 10.1. The van der Waals surface area contributed by atoms with Gasteiger partial charge in [0.15, 0.2) is 0 Å². The molecule has 58 valence electrons. The van der Waals surface area contributed by atoms with Gasteiger partial charge in [-0.15, -0.1) is 0 Å². The Balaban J connectivity index is 2.96. The molecule has 0 unspecified atom stereocenters. The quantitative estimate of drug-likeness (QED) is 0.260. The molecule has 0 rings (SSSR count). The van der Waals surface area contributed by atoms with Crippen molar-refractivity contribution < 1.29 is 9.94 Å². The van der Waals surface area contributed by atoms with Crippen molar-refractivity contribution in [2.75, 3.05) is 13.2 Å². The zero-order valence-corrected chi connectivity index (χ0v) is 5.99. The van der Waals surface area contributed by atoms with E-state index in [4.69, 9.17) is 9.94 Å². The molecule has 0 radical (unpaired) electrons. The van der Waals surface area contributed by atoms with Crippen molar-refractivity contribution in [2.24, 2.45) is 5.16 Å². The molecule has 0 amide bonds. The van der Waals surface area contributed by atoms with Crippen LogP contribution in [0, 0.1) is 0 Å². The molecule has 0 aromatic rings. The van der Waals surface area contributed by atoms with E-state index in [1.165, 1.54) is 0 Å². The lowest BCUT2D eigenvalue weighted by Crippen LogP contribution is -1.85. The van der Waals surface area contributed by atoms with Gasteiger partial charge in [-0.2, -0.15) is 0 Å². The Hall–Kier alpha value is -0.830. The Kier molecular flexibility index (Phi) is 7.49. The van der Waals surface area contributed by atoms with E-state index < -0.39 is 0 Å². The number of aliphatic hydroxyl groups is 1. The molecule has 0 aliphatic heterocycles. The molecular weight excluding hydrogens is 130 g/mol. The van der Waals surface area contributed by atoms with Crippen LogP contribution in [-0.4, -0.2) is 24.5 Å². The summed E-state index contributed by atoms with van der Waals surface area (Å²) in [6.45, 7) is 4.10. The smallest absolute Gasteiger partial charge is 0.135 e. The fraction of sp³-hybridized carbons (Fsp3) is 0.571. The molecule has 0 bridgehead atoms. The van der Waals surface area contributed by atoms with Gasteiger partial charge in [-0.1, -0.05) is 17.8 Å². The van der Waals surface area contributed by atoms with Gasteiger partial charge >= 0.3 is 0 Å². The summed E-state index contributed by atoms with van der Waals surface area (Å²) in [5.41, 5.74) is 0. The molecule has 0 fully saturated rings. The minimum atomic E-state index is 0.202. The molecular formula is C7H13NO2. The van der Waals surface area contributed by atoms with E-state index in [9.17, 15) is 0 Å². The Bertz CT molecular complexity index is 102. The lowest BCUT2D eigenvalue weighted by Gasteiger charge is -1.90. The molecule has 0 heterocycles. The lowest BCUT2D eigenvalue weighted by atomic mass is 10.3. The number of oxime groups is 1. The van der Waals surface area contributed by atoms with Gasteiger partial charge in [0.2, 0.25) is 0 Å². The molecule has 0 saturated heterocycles. The van der Waals surface area contributed by atoms with E-state index >= 15 is 0 Å². The van der Waals surface area contributed by atoms with Crippen LogP contribution in [0.1, 0.15) is 12.8 Å². The van der Waals surface area contributed by atoms with Gasteiger partial charge in [-0.3, -0.25) is 0 Å². The van der Waals surface area contributed by atoms with E-state index in [-0.39, 0.29) is 6.61 Å². The minimum absolute atomic E-state index is 0.202. The van der Waals surface area contributed by atoms with E-state index in [0.717, 1.165) is 12.8 Å². The van der Waals surface area contributed by atoms with E-state index in [1.54, 1.807) is 12.3 Å². The van der Waals surface area contributed by atoms with Crippen LogP contribution < -0.4 is 0 Å². The second kappa shape index (κ2) is 8.17. The van der Waals surface area contributed by atoms with Gasteiger partial charge in [0.1, 0.15) is 6.61 Å². The first-order valence-corrected chi connectivity index (χ1v) is 3.27. The van der Waals surface area contributed by atoms with Crippen molar-refractivity contribution in [1.82, 2.24) is 0 Å². The van der Waals surface area contributed by atoms with Gasteiger partial charge in [-0.05, 0) is 12.8 Å². The van der Waals surface area contributed by atoms with Crippen LogP contribution in [-0.2, 0) is 4.84 Å². The van der Waals surface area contributed by atoms with Crippen LogP contribution in [0.4, 0.5) is 0 Å². The van der Waals surface area contributed by atoms with Crippen LogP contribution in [0.3, 0.4) is 0 Å². The number of hydrogen-bond donors (Lipinski definition) is 1. The molecule has 0 aliphatic rings. The maximum atomic E-state index is 8.35. The number of hydrogen-bond acceptors (Lipinski definition) is 3. The third-order valence-corrected chi connectivity index (χ3v) is 0.833. The van der Waals surface area contributed by atoms with Gasteiger partial charge in [-0.25, -0.2) is 0 Å². The van der Waals surface area contributed by atoms with Crippen LogP contribution in [0.25, 0.3) is 0 Å². The summed E-state index contributed by atoms with van der Waals surface area (Å²) in [4.78, 5) is 4.70. The lowest BCUT2D eigenvalue weighted by molar-refractivity contribution is 0.175. The van der Waals surface area contributed by atoms with E-state index in [0.29, 0.717) is 6.61 Å². The second-order valence-electron chi connectivity index (χ2n) is 1.74. The summed E-state index contributed by atoms with van der Waals surface area (Å²) in [5, 5.41) is 11.9. The van der Waals surface area contributed by atoms with Crippen LogP contribution in [0.5, 0.6) is 0 Å². The average Bonchev–Trinajstić information content (AvgIpc) is 1.97. The zero-order valence-electron chi connectivity index (χ0n) is 5.99. The Labute approximate surface area is 61.0 Å². The molecule has 0 spiro atoms. The molecule has 0 atom stereocenters. The third kappa shape index (κ3) is 7.17. The molecule has 0 aliphatic carbocycles. The number of nitrogens with zero attached hydrogens (tertiary/aromatic N) is 1. The van der Waals surface area contributed by atoms with E-state index in [1.807, 2.05) is 0 Å². The minimum Gasteiger partial charge on any atom is -0.396 e. The average molecular weight is 143 g/mol. The topological polar surface area (TPSA) is 41.8 Å². The van der Waals surface area contributed by atoms with Crippen molar-refractivity contribution in [3.05, 3.63) is 12.7 Å². The zero-order chi connectivity index (χ0) is 7.66. The first-order valence-electron chi connectivity index (χ1n) is 3.27. The molecule has 0 aromatic heterocycles.